The van der Waals surface area contributed by atoms with E-state index in [0.29, 0.717) is 0 Å². The van der Waals surface area contributed by atoms with E-state index >= 15 is 0 Å². The van der Waals surface area contributed by atoms with Crippen LogP contribution in [0.15, 0.2) is 18.2 Å². The average Bonchev–Trinajstić information content (AvgIpc) is 2.41. The molecule has 1 aromatic carbocycles. The normalized spacial score (nSPS) is 17.6. The van der Waals surface area contributed by atoms with Gasteiger partial charge in [0, 0.05) is 26.2 Å². The summed E-state index contributed by atoms with van der Waals surface area (Å²) >= 11 is 0. The number of benzene rings is 1. The third kappa shape index (κ3) is 3.79. The summed E-state index contributed by atoms with van der Waals surface area (Å²) in [6.07, 6.45) is 0. The lowest BCUT2D eigenvalue weighted by atomic mass is 10.0. The Bertz CT molecular complexity index is 400. The lowest BCUT2D eigenvalue weighted by Crippen LogP contribution is -2.46. The van der Waals surface area contributed by atoms with Crippen LogP contribution >= 0.6 is 12.4 Å². The van der Waals surface area contributed by atoms with Crippen LogP contribution in [0.25, 0.3) is 0 Å². The Balaban J connectivity index is 0.00000180. The lowest BCUT2D eigenvalue weighted by Gasteiger charge is -2.34. The molecule has 0 saturated carbocycles. The first-order chi connectivity index (χ1) is 8.76. The standard InChI is InChI=1S/C13H19FN2O2.ClH/c1-18-13-3-2-10(8-11(13)14)12(9-17)16-6-4-15-5-7-16;/h2-3,8,12,15,17H,4-7,9H2,1H3;1H/t12-;/m0./s1. The van der Waals surface area contributed by atoms with E-state index in [0.717, 1.165) is 31.7 Å². The van der Waals surface area contributed by atoms with Crippen molar-refractivity contribution in [2.75, 3.05) is 39.9 Å². The minimum absolute atomic E-state index is 0. The van der Waals surface area contributed by atoms with E-state index in [4.69, 9.17) is 4.74 Å². The molecule has 19 heavy (non-hydrogen) atoms. The smallest absolute Gasteiger partial charge is 0.165 e. The fourth-order valence-corrected chi connectivity index (χ4v) is 2.32. The van der Waals surface area contributed by atoms with E-state index in [9.17, 15) is 9.50 Å². The summed E-state index contributed by atoms with van der Waals surface area (Å²) in [6.45, 7) is 3.51. The maximum Gasteiger partial charge on any atom is 0.165 e. The Labute approximate surface area is 119 Å². The molecule has 6 heteroatoms. The van der Waals surface area contributed by atoms with E-state index in [1.165, 1.54) is 13.2 Å². The zero-order chi connectivity index (χ0) is 13.0. The summed E-state index contributed by atoms with van der Waals surface area (Å²) in [5.41, 5.74) is 0.790. The number of rotatable bonds is 4. The van der Waals surface area contributed by atoms with Crippen molar-refractivity contribution in [1.29, 1.82) is 0 Å². The van der Waals surface area contributed by atoms with Crippen LogP contribution < -0.4 is 10.1 Å². The van der Waals surface area contributed by atoms with E-state index < -0.39 is 0 Å². The van der Waals surface area contributed by atoms with Crippen LogP contribution in [0.5, 0.6) is 5.75 Å². The molecule has 1 aliphatic rings. The predicted molar refractivity (Wildman–Crippen MR) is 74.5 cm³/mol. The van der Waals surface area contributed by atoms with Gasteiger partial charge in [0.1, 0.15) is 0 Å². The number of piperazine rings is 1. The first-order valence-electron chi connectivity index (χ1n) is 6.15. The molecule has 0 aromatic heterocycles. The largest absolute Gasteiger partial charge is 0.494 e. The number of methoxy groups -OCH3 is 1. The monoisotopic (exact) mass is 290 g/mol. The van der Waals surface area contributed by atoms with E-state index in [1.54, 1.807) is 6.07 Å². The van der Waals surface area contributed by atoms with Crippen molar-refractivity contribution >= 4 is 12.4 Å². The second-order valence-corrected chi connectivity index (χ2v) is 4.38. The van der Waals surface area contributed by atoms with Crippen LogP contribution in [0, 0.1) is 5.82 Å². The SMILES string of the molecule is COc1ccc([C@H](CO)N2CCNCC2)cc1F.Cl. The Hall–Kier alpha value is -0.880. The van der Waals surface area contributed by atoms with Crippen LogP contribution in [0.4, 0.5) is 4.39 Å². The number of hydrogen-bond donors (Lipinski definition) is 2. The van der Waals surface area contributed by atoms with Gasteiger partial charge in [-0.3, -0.25) is 4.90 Å². The number of halogens is 2. The first kappa shape index (κ1) is 16.2. The molecule has 108 valence electrons. The minimum Gasteiger partial charge on any atom is -0.494 e. The summed E-state index contributed by atoms with van der Waals surface area (Å²) in [6, 6.07) is 4.72. The fourth-order valence-electron chi connectivity index (χ4n) is 2.32. The highest BCUT2D eigenvalue weighted by molar-refractivity contribution is 5.85. The van der Waals surface area contributed by atoms with Crippen molar-refractivity contribution in [2.24, 2.45) is 0 Å². The van der Waals surface area contributed by atoms with Gasteiger partial charge in [0.25, 0.3) is 0 Å². The van der Waals surface area contributed by atoms with Crippen molar-refractivity contribution in [2.45, 2.75) is 6.04 Å². The quantitative estimate of drug-likeness (QED) is 0.874. The van der Waals surface area contributed by atoms with Gasteiger partial charge in [0.15, 0.2) is 11.6 Å². The van der Waals surface area contributed by atoms with E-state index in [1.807, 2.05) is 6.07 Å². The van der Waals surface area contributed by atoms with Gasteiger partial charge in [0.2, 0.25) is 0 Å². The molecule has 0 bridgehead atoms. The summed E-state index contributed by atoms with van der Waals surface area (Å²) in [7, 11) is 1.44. The summed E-state index contributed by atoms with van der Waals surface area (Å²) in [5, 5.41) is 12.8. The molecule has 1 saturated heterocycles. The molecule has 2 N–H and O–H groups in total. The number of nitrogens with one attached hydrogen (secondary N) is 1. The highest BCUT2D eigenvalue weighted by Crippen LogP contribution is 2.25. The summed E-state index contributed by atoms with van der Waals surface area (Å²) in [5.74, 6) is -0.153. The van der Waals surface area contributed by atoms with Crippen molar-refractivity contribution in [3.63, 3.8) is 0 Å². The fraction of sp³-hybridized carbons (Fsp3) is 0.538. The van der Waals surface area contributed by atoms with Gasteiger partial charge < -0.3 is 15.2 Å². The van der Waals surface area contributed by atoms with Gasteiger partial charge in [-0.15, -0.1) is 12.4 Å². The Morgan fingerprint density at radius 3 is 2.63 bits per heavy atom. The molecule has 1 fully saturated rings. The van der Waals surface area contributed by atoms with Crippen molar-refractivity contribution in [1.82, 2.24) is 10.2 Å². The van der Waals surface area contributed by atoms with Gasteiger partial charge in [0.05, 0.1) is 19.8 Å². The second kappa shape index (κ2) is 7.65. The molecule has 0 radical (unpaired) electrons. The van der Waals surface area contributed by atoms with Gasteiger partial charge in [-0.2, -0.15) is 0 Å². The Morgan fingerprint density at radius 1 is 1.42 bits per heavy atom. The second-order valence-electron chi connectivity index (χ2n) is 4.38. The molecule has 2 rings (SSSR count). The number of aliphatic hydroxyl groups is 1. The third-order valence-corrected chi connectivity index (χ3v) is 3.33. The number of hydrogen-bond acceptors (Lipinski definition) is 4. The molecule has 1 heterocycles. The summed E-state index contributed by atoms with van der Waals surface area (Å²) < 4.78 is 18.6. The van der Waals surface area contributed by atoms with Crippen LogP contribution in [-0.2, 0) is 0 Å². The molecule has 1 aromatic rings. The topological polar surface area (TPSA) is 44.7 Å². The van der Waals surface area contributed by atoms with Crippen LogP contribution in [0.3, 0.4) is 0 Å². The average molecular weight is 291 g/mol. The number of aliphatic hydroxyl groups excluding tert-OH is 1. The highest BCUT2D eigenvalue weighted by atomic mass is 35.5. The van der Waals surface area contributed by atoms with E-state index in [2.05, 4.69) is 10.2 Å². The van der Waals surface area contributed by atoms with Gasteiger partial charge in [-0.1, -0.05) is 6.07 Å². The molecule has 0 amide bonds. The molecular weight excluding hydrogens is 271 g/mol. The molecular formula is C13H20ClFN2O2. The predicted octanol–water partition coefficient (Wildman–Crippen LogP) is 1.19. The number of ether oxygens (including phenoxy) is 1. The summed E-state index contributed by atoms with van der Waals surface area (Å²) in [4.78, 5) is 2.16. The van der Waals surface area contributed by atoms with Gasteiger partial charge >= 0.3 is 0 Å². The maximum atomic E-state index is 13.7. The lowest BCUT2D eigenvalue weighted by molar-refractivity contribution is 0.110. The number of nitrogens with zero attached hydrogens (tertiary/aromatic N) is 1. The van der Waals surface area contributed by atoms with Crippen molar-refractivity contribution < 1.29 is 14.2 Å². The minimum atomic E-state index is -0.386. The Morgan fingerprint density at radius 2 is 2.11 bits per heavy atom. The van der Waals surface area contributed by atoms with Crippen molar-refractivity contribution in [3.8, 4) is 5.75 Å². The maximum absolute atomic E-state index is 13.7. The zero-order valence-electron chi connectivity index (χ0n) is 10.9. The van der Waals surface area contributed by atoms with Crippen molar-refractivity contribution in [3.05, 3.63) is 29.6 Å². The zero-order valence-corrected chi connectivity index (χ0v) is 11.8. The Kier molecular flexibility index (Phi) is 6.51. The van der Waals surface area contributed by atoms with E-state index in [-0.39, 0.29) is 36.6 Å². The molecule has 0 unspecified atom stereocenters. The third-order valence-electron chi connectivity index (χ3n) is 3.33. The van der Waals surface area contributed by atoms with Crippen LogP contribution in [0.2, 0.25) is 0 Å². The molecule has 0 spiro atoms. The molecule has 0 aliphatic carbocycles. The molecule has 4 nitrogen and oxygen atoms in total. The molecule has 1 aliphatic heterocycles. The molecule has 1 atom stereocenters. The highest BCUT2D eigenvalue weighted by Gasteiger charge is 2.22. The van der Waals surface area contributed by atoms with Gasteiger partial charge in [-0.05, 0) is 17.7 Å². The van der Waals surface area contributed by atoms with Crippen LogP contribution in [0.1, 0.15) is 11.6 Å². The first-order valence-corrected chi connectivity index (χ1v) is 6.15. The van der Waals surface area contributed by atoms with Gasteiger partial charge in [-0.25, -0.2) is 4.39 Å². The van der Waals surface area contributed by atoms with Crippen LogP contribution in [-0.4, -0.2) is 49.9 Å².